The molecule has 1 amide bonds. The molecule has 1 unspecified atom stereocenters. The number of hydrogen-bond acceptors (Lipinski definition) is 2. The van der Waals surface area contributed by atoms with Crippen LogP contribution in [0.25, 0.3) is 0 Å². The second-order valence-corrected chi connectivity index (χ2v) is 3.52. The molecule has 0 saturated heterocycles. The second-order valence-electron chi connectivity index (χ2n) is 3.52. The first-order valence-electron chi connectivity index (χ1n) is 4.46. The molecule has 1 aliphatic carbocycles. The molecule has 3 nitrogen and oxygen atoms in total. The quantitative estimate of drug-likeness (QED) is 0.593. The maximum Gasteiger partial charge on any atom is 0.255 e. The predicted molar refractivity (Wildman–Crippen MR) is 51.2 cm³/mol. The molecule has 0 saturated carbocycles. The Morgan fingerprint density at radius 3 is 2.85 bits per heavy atom. The van der Waals surface area contributed by atoms with Crippen LogP contribution in [0, 0.1) is 5.92 Å². The first kappa shape index (κ1) is 8.23. The Bertz CT molecular complexity index is 326. The van der Waals surface area contributed by atoms with Gasteiger partial charge in [0.1, 0.15) is 5.92 Å². The van der Waals surface area contributed by atoms with Crippen LogP contribution in [-0.4, -0.2) is 22.7 Å². The molecule has 13 heavy (non-hydrogen) atoms. The van der Waals surface area contributed by atoms with Crippen LogP contribution in [0.1, 0.15) is 13.8 Å². The van der Waals surface area contributed by atoms with E-state index in [1.807, 2.05) is 38.2 Å². The van der Waals surface area contributed by atoms with Gasteiger partial charge in [-0.15, -0.1) is 0 Å². The van der Waals surface area contributed by atoms with Crippen molar-refractivity contribution < 1.29 is 4.79 Å². The number of carbonyl (C=O) groups excluding carboxylic acids is 1. The Hall–Kier alpha value is -1.38. The number of allylic oxidation sites excluding steroid dienone is 3. The van der Waals surface area contributed by atoms with Crippen molar-refractivity contribution in [1.29, 1.82) is 0 Å². The molecule has 1 aliphatic heterocycles. The van der Waals surface area contributed by atoms with E-state index in [4.69, 9.17) is 0 Å². The molecule has 0 N–H and O–H groups in total. The predicted octanol–water partition coefficient (Wildman–Crippen LogP) is 1.34. The van der Waals surface area contributed by atoms with Crippen LogP contribution in [0.4, 0.5) is 0 Å². The molecule has 0 spiro atoms. The summed E-state index contributed by atoms with van der Waals surface area (Å²) in [4.78, 5) is 11.7. The van der Waals surface area contributed by atoms with Gasteiger partial charge in [0.05, 0.1) is 5.71 Å². The van der Waals surface area contributed by atoms with Crippen molar-refractivity contribution in [3.63, 3.8) is 0 Å². The van der Waals surface area contributed by atoms with Crippen LogP contribution in [0.2, 0.25) is 0 Å². The molecule has 3 heteroatoms. The van der Waals surface area contributed by atoms with Gasteiger partial charge < -0.3 is 0 Å². The minimum absolute atomic E-state index is 0.0885. The molecule has 1 atom stereocenters. The Kier molecular flexibility index (Phi) is 1.79. The molecule has 0 bridgehead atoms. The molecule has 0 aromatic carbocycles. The zero-order valence-electron chi connectivity index (χ0n) is 7.77. The Labute approximate surface area is 77.4 Å². The monoisotopic (exact) mass is 176 g/mol. The van der Waals surface area contributed by atoms with Gasteiger partial charge in [-0.25, -0.2) is 5.01 Å². The average molecular weight is 176 g/mol. The molecule has 2 aliphatic rings. The van der Waals surface area contributed by atoms with E-state index < -0.39 is 0 Å². The van der Waals surface area contributed by atoms with Crippen molar-refractivity contribution in [2.24, 2.45) is 11.0 Å². The second kappa shape index (κ2) is 2.83. The zero-order chi connectivity index (χ0) is 9.42. The van der Waals surface area contributed by atoms with Gasteiger partial charge in [0, 0.05) is 6.04 Å². The van der Waals surface area contributed by atoms with Gasteiger partial charge in [-0.2, -0.15) is 5.10 Å². The molecule has 0 aromatic heterocycles. The number of hydrogen-bond donors (Lipinski definition) is 0. The molecule has 1 heterocycles. The Morgan fingerprint density at radius 2 is 2.23 bits per heavy atom. The topological polar surface area (TPSA) is 32.7 Å². The van der Waals surface area contributed by atoms with E-state index in [0.717, 1.165) is 5.71 Å². The molecule has 68 valence electrons. The number of nitrogens with zero attached hydrogens (tertiary/aromatic N) is 2. The van der Waals surface area contributed by atoms with Crippen molar-refractivity contribution >= 4 is 11.6 Å². The van der Waals surface area contributed by atoms with Crippen LogP contribution in [0.3, 0.4) is 0 Å². The third-order valence-corrected chi connectivity index (χ3v) is 2.20. The number of fused-ring (bicyclic) bond motifs is 1. The summed E-state index contributed by atoms with van der Waals surface area (Å²) < 4.78 is 0. The first-order valence-corrected chi connectivity index (χ1v) is 4.46. The third kappa shape index (κ3) is 1.20. The van der Waals surface area contributed by atoms with Crippen molar-refractivity contribution in [3.05, 3.63) is 24.3 Å². The molecular formula is C10H12N2O. The van der Waals surface area contributed by atoms with Gasteiger partial charge in [-0.05, 0) is 19.9 Å². The fourth-order valence-corrected chi connectivity index (χ4v) is 1.52. The van der Waals surface area contributed by atoms with Gasteiger partial charge in [-0.3, -0.25) is 4.79 Å². The van der Waals surface area contributed by atoms with Crippen molar-refractivity contribution in [2.45, 2.75) is 19.9 Å². The van der Waals surface area contributed by atoms with Crippen LogP contribution in [0.15, 0.2) is 29.4 Å². The fourth-order valence-electron chi connectivity index (χ4n) is 1.52. The van der Waals surface area contributed by atoms with Crippen LogP contribution in [-0.2, 0) is 4.79 Å². The standard InChI is InChI=1S/C10H12N2O/c1-7(2)12-10(13)8-5-3-4-6-9(8)11-12/h3-8H,1-2H3. The van der Waals surface area contributed by atoms with E-state index in [0.29, 0.717) is 0 Å². The highest BCUT2D eigenvalue weighted by Gasteiger charge is 2.34. The summed E-state index contributed by atoms with van der Waals surface area (Å²) in [6, 6.07) is 0.146. The zero-order valence-corrected chi connectivity index (χ0v) is 7.77. The summed E-state index contributed by atoms with van der Waals surface area (Å²) in [7, 11) is 0. The van der Waals surface area contributed by atoms with E-state index in [9.17, 15) is 4.79 Å². The average Bonchev–Trinajstić information content (AvgIpc) is 2.45. The molecule has 2 rings (SSSR count). The molecule has 0 radical (unpaired) electrons. The summed E-state index contributed by atoms with van der Waals surface area (Å²) in [5.41, 5.74) is 0.862. The van der Waals surface area contributed by atoms with Gasteiger partial charge in [0.2, 0.25) is 0 Å². The summed E-state index contributed by atoms with van der Waals surface area (Å²) in [5.74, 6) is -0.0435. The number of rotatable bonds is 1. The summed E-state index contributed by atoms with van der Waals surface area (Å²) >= 11 is 0. The Morgan fingerprint density at radius 1 is 1.46 bits per heavy atom. The summed E-state index contributed by atoms with van der Waals surface area (Å²) in [6.45, 7) is 3.93. The lowest BCUT2D eigenvalue weighted by Gasteiger charge is -2.16. The maximum atomic E-state index is 11.7. The van der Waals surface area contributed by atoms with E-state index in [2.05, 4.69) is 5.10 Å². The van der Waals surface area contributed by atoms with E-state index in [1.165, 1.54) is 0 Å². The van der Waals surface area contributed by atoms with Gasteiger partial charge in [-0.1, -0.05) is 18.2 Å². The SMILES string of the molecule is CC(C)N1N=C2C=CC=CC2C1=O. The molecule has 0 aromatic rings. The number of carbonyl (C=O) groups is 1. The number of hydrazone groups is 1. The fraction of sp³-hybridized carbons (Fsp3) is 0.400. The normalized spacial score (nSPS) is 25.5. The van der Waals surface area contributed by atoms with Crippen LogP contribution in [0.5, 0.6) is 0 Å². The lowest BCUT2D eigenvalue weighted by molar-refractivity contribution is -0.132. The highest BCUT2D eigenvalue weighted by molar-refractivity contribution is 6.15. The lowest BCUT2D eigenvalue weighted by Crippen LogP contribution is -2.31. The summed E-state index contributed by atoms with van der Waals surface area (Å²) in [5, 5.41) is 5.81. The van der Waals surface area contributed by atoms with Crippen molar-refractivity contribution in [2.75, 3.05) is 0 Å². The third-order valence-electron chi connectivity index (χ3n) is 2.20. The van der Waals surface area contributed by atoms with Gasteiger partial charge in [0.15, 0.2) is 0 Å². The maximum absolute atomic E-state index is 11.7. The molecular weight excluding hydrogens is 164 g/mol. The van der Waals surface area contributed by atoms with E-state index in [-0.39, 0.29) is 17.9 Å². The van der Waals surface area contributed by atoms with E-state index >= 15 is 0 Å². The summed E-state index contributed by atoms with van der Waals surface area (Å²) in [6.07, 6.45) is 7.59. The first-order chi connectivity index (χ1) is 6.20. The lowest BCUT2D eigenvalue weighted by atomic mass is 9.99. The number of amides is 1. The van der Waals surface area contributed by atoms with Gasteiger partial charge in [0.25, 0.3) is 5.91 Å². The minimum Gasteiger partial charge on any atom is -0.272 e. The largest absolute Gasteiger partial charge is 0.272 e. The Balaban J connectivity index is 2.31. The highest BCUT2D eigenvalue weighted by atomic mass is 16.2. The molecule has 0 fully saturated rings. The van der Waals surface area contributed by atoms with Crippen molar-refractivity contribution in [3.8, 4) is 0 Å². The minimum atomic E-state index is -0.132. The van der Waals surface area contributed by atoms with Crippen LogP contribution >= 0.6 is 0 Å². The van der Waals surface area contributed by atoms with Crippen LogP contribution < -0.4 is 0 Å². The van der Waals surface area contributed by atoms with Crippen molar-refractivity contribution in [1.82, 2.24) is 5.01 Å². The van der Waals surface area contributed by atoms with Gasteiger partial charge >= 0.3 is 0 Å². The van der Waals surface area contributed by atoms with E-state index in [1.54, 1.807) is 5.01 Å². The highest BCUT2D eigenvalue weighted by Crippen LogP contribution is 2.22. The smallest absolute Gasteiger partial charge is 0.255 e.